The minimum Gasteiger partial charge on any atom is -0.398 e. The zero-order chi connectivity index (χ0) is 27.8. The number of allylic oxidation sites excluding steroid dienone is 10. The van der Waals surface area contributed by atoms with Crippen molar-refractivity contribution in [3.05, 3.63) is 133 Å². The number of rotatable bonds is 12. The largest absolute Gasteiger partial charge is 0.398 e. The van der Waals surface area contributed by atoms with E-state index < -0.39 is 0 Å². The van der Waals surface area contributed by atoms with Gasteiger partial charge in [-0.2, -0.15) is 0 Å². The van der Waals surface area contributed by atoms with Gasteiger partial charge in [0.2, 0.25) is 0 Å². The molecule has 196 valence electrons. The van der Waals surface area contributed by atoms with Crippen LogP contribution in [0.15, 0.2) is 110 Å². The van der Waals surface area contributed by atoms with Gasteiger partial charge in [-0.25, -0.2) is 0 Å². The molecule has 1 aromatic carbocycles. The van der Waals surface area contributed by atoms with Gasteiger partial charge in [0.15, 0.2) is 0 Å². The third-order valence-corrected chi connectivity index (χ3v) is 6.48. The van der Waals surface area contributed by atoms with Crippen LogP contribution < -0.4 is 16.4 Å². The molecule has 1 aromatic heterocycles. The Hall–Kier alpha value is -4.31. The molecule has 0 spiro atoms. The smallest absolute Gasteiger partial charge is 0.0606 e. The summed E-state index contributed by atoms with van der Waals surface area (Å²) in [6, 6.07) is 5.97. The van der Waals surface area contributed by atoms with Gasteiger partial charge in [0, 0.05) is 40.1 Å². The monoisotopic (exact) mass is 504 g/mol. The summed E-state index contributed by atoms with van der Waals surface area (Å²) in [6.45, 7) is 25.2. The second-order valence-corrected chi connectivity index (χ2v) is 9.92. The van der Waals surface area contributed by atoms with E-state index in [0.29, 0.717) is 17.3 Å². The Bertz CT molecular complexity index is 1380. The highest BCUT2D eigenvalue weighted by atomic mass is 14.9. The molecule has 0 amide bonds. The molecule has 0 radical (unpaired) electrons. The maximum absolute atomic E-state index is 6.41. The number of nitrogen functional groups attached to an aromatic ring is 1. The predicted molar refractivity (Wildman–Crippen MR) is 167 cm³/mol. The fraction of sp³-hybridized carbons (Fsp3) is 0.206. The molecule has 0 aliphatic heterocycles. The summed E-state index contributed by atoms with van der Waals surface area (Å²) in [7, 11) is 0. The number of benzene rings is 1. The first-order chi connectivity index (χ1) is 18.1. The van der Waals surface area contributed by atoms with E-state index in [0.717, 1.165) is 63.3 Å². The average Bonchev–Trinajstić information content (AvgIpc) is 3.42. The summed E-state index contributed by atoms with van der Waals surface area (Å²) >= 11 is 0. The van der Waals surface area contributed by atoms with Gasteiger partial charge in [0.25, 0.3) is 0 Å². The van der Waals surface area contributed by atoms with E-state index in [4.69, 9.17) is 5.73 Å². The van der Waals surface area contributed by atoms with E-state index in [-0.39, 0.29) is 0 Å². The summed E-state index contributed by atoms with van der Waals surface area (Å²) in [6.07, 6.45) is 18.0. The molecule has 4 nitrogen and oxygen atoms in total. The number of aromatic nitrogens is 1. The van der Waals surface area contributed by atoms with Crippen molar-refractivity contribution >= 4 is 28.1 Å². The Kier molecular flexibility index (Phi) is 9.50. The predicted octanol–water partition coefficient (Wildman–Crippen LogP) is 8.58. The minimum absolute atomic E-state index is 0.522. The number of hydrogen-bond acceptors (Lipinski definition) is 4. The fourth-order valence-electron chi connectivity index (χ4n) is 4.39. The normalized spacial score (nSPS) is 13.3. The lowest BCUT2D eigenvalue weighted by molar-refractivity contribution is 0.622. The molecule has 1 heterocycles. The first kappa shape index (κ1) is 28.3. The number of nitrogens with one attached hydrogen (secondary N) is 2. The van der Waals surface area contributed by atoms with Crippen LogP contribution in [0, 0.1) is 12.8 Å². The van der Waals surface area contributed by atoms with Crippen molar-refractivity contribution < 1.29 is 0 Å². The molecule has 0 bridgehead atoms. The molecule has 0 unspecified atom stereocenters. The van der Waals surface area contributed by atoms with Gasteiger partial charge in [0.1, 0.15) is 0 Å². The molecule has 1 aliphatic rings. The van der Waals surface area contributed by atoms with Crippen LogP contribution >= 0.6 is 0 Å². The first-order valence-electron chi connectivity index (χ1n) is 13.0. The summed E-state index contributed by atoms with van der Waals surface area (Å²) in [4.78, 5) is 4.45. The Balaban J connectivity index is 1.84. The SMILES string of the molecule is C=C/C(=C\C(=C/C)c1ccc(N)c(C(=C)C(=C)Nc2cncc(C3=CCC=C3)c2C)c1)NC(=C)CC(C)C. The van der Waals surface area contributed by atoms with E-state index in [2.05, 4.69) is 99.2 Å². The van der Waals surface area contributed by atoms with Gasteiger partial charge in [-0.1, -0.05) is 70.5 Å². The van der Waals surface area contributed by atoms with E-state index >= 15 is 0 Å². The zero-order valence-corrected chi connectivity index (χ0v) is 23.2. The van der Waals surface area contributed by atoms with Crippen LogP contribution in [0.4, 0.5) is 11.4 Å². The van der Waals surface area contributed by atoms with Crippen molar-refractivity contribution in [1.82, 2.24) is 10.3 Å². The molecule has 1 aliphatic carbocycles. The second-order valence-electron chi connectivity index (χ2n) is 9.92. The molecule has 2 aromatic rings. The van der Waals surface area contributed by atoms with Gasteiger partial charge in [-0.3, -0.25) is 4.98 Å². The van der Waals surface area contributed by atoms with Crippen molar-refractivity contribution in [1.29, 1.82) is 0 Å². The standard InChI is InChI=1S/C34H40N4/c1-9-27(18-30(10-2)37-23(5)17-22(3)4)29-15-16-33(35)31(19-29)24(6)26(8)38-34-21-36-20-32(25(34)7)28-13-11-12-14-28/h9-11,13-16,18-22,37-38H,2,5-6,8,12,17,35H2,1,3-4,7H3/b27-9+,30-18+. The first-order valence-corrected chi connectivity index (χ1v) is 13.0. The highest BCUT2D eigenvalue weighted by molar-refractivity contribution is 5.89. The van der Waals surface area contributed by atoms with Gasteiger partial charge < -0.3 is 16.4 Å². The molecule has 4 N–H and O–H groups in total. The third kappa shape index (κ3) is 6.92. The Morgan fingerprint density at radius 2 is 1.95 bits per heavy atom. The van der Waals surface area contributed by atoms with Crippen LogP contribution in [-0.2, 0) is 0 Å². The van der Waals surface area contributed by atoms with Crippen LogP contribution in [0.1, 0.15) is 55.9 Å². The molecule has 3 rings (SSSR count). The molecule has 0 atom stereocenters. The minimum atomic E-state index is 0.522. The van der Waals surface area contributed by atoms with Crippen LogP contribution in [0.5, 0.6) is 0 Å². The third-order valence-electron chi connectivity index (χ3n) is 6.48. The Labute approximate surface area is 228 Å². The highest BCUT2D eigenvalue weighted by Gasteiger charge is 2.14. The average molecular weight is 505 g/mol. The maximum Gasteiger partial charge on any atom is 0.0606 e. The number of hydrogen-bond donors (Lipinski definition) is 3. The number of nitrogens with two attached hydrogens (primary N) is 1. The van der Waals surface area contributed by atoms with Crippen molar-refractivity contribution in [2.75, 3.05) is 11.1 Å². The van der Waals surface area contributed by atoms with E-state index in [1.165, 1.54) is 5.57 Å². The maximum atomic E-state index is 6.41. The van der Waals surface area contributed by atoms with Gasteiger partial charge in [0.05, 0.1) is 11.9 Å². The van der Waals surface area contributed by atoms with E-state index in [1.54, 1.807) is 6.08 Å². The lowest BCUT2D eigenvalue weighted by atomic mass is 9.96. The Morgan fingerprint density at radius 3 is 2.58 bits per heavy atom. The quantitative estimate of drug-likeness (QED) is 0.200. The van der Waals surface area contributed by atoms with Crippen LogP contribution in [0.2, 0.25) is 0 Å². The zero-order valence-electron chi connectivity index (χ0n) is 23.2. The fourth-order valence-corrected chi connectivity index (χ4v) is 4.39. The Morgan fingerprint density at radius 1 is 1.18 bits per heavy atom. The van der Waals surface area contributed by atoms with Crippen LogP contribution in [-0.4, -0.2) is 4.98 Å². The molecule has 0 fully saturated rings. The van der Waals surface area contributed by atoms with Crippen molar-refractivity contribution in [3.8, 4) is 0 Å². The molecule has 4 heteroatoms. The van der Waals surface area contributed by atoms with E-state index in [1.807, 2.05) is 31.5 Å². The number of nitrogens with zero attached hydrogens (tertiary/aromatic N) is 1. The van der Waals surface area contributed by atoms with E-state index in [9.17, 15) is 0 Å². The van der Waals surface area contributed by atoms with Crippen molar-refractivity contribution in [2.45, 2.75) is 40.5 Å². The lowest BCUT2D eigenvalue weighted by Crippen LogP contribution is -2.12. The van der Waals surface area contributed by atoms with Crippen LogP contribution in [0.3, 0.4) is 0 Å². The molecule has 38 heavy (non-hydrogen) atoms. The summed E-state index contributed by atoms with van der Waals surface area (Å²) in [5.41, 5.74) is 17.5. The van der Waals surface area contributed by atoms with Gasteiger partial charge in [-0.15, -0.1) is 0 Å². The van der Waals surface area contributed by atoms with Crippen molar-refractivity contribution in [3.63, 3.8) is 0 Å². The summed E-state index contributed by atoms with van der Waals surface area (Å²) in [5.74, 6) is 0.522. The molecule has 0 saturated heterocycles. The molecule has 0 saturated carbocycles. The number of anilines is 2. The number of pyridine rings is 1. The molecular formula is C34H40N4. The van der Waals surface area contributed by atoms with Crippen LogP contribution in [0.25, 0.3) is 16.7 Å². The summed E-state index contributed by atoms with van der Waals surface area (Å²) in [5, 5.41) is 6.80. The van der Waals surface area contributed by atoms with Crippen molar-refractivity contribution in [2.24, 2.45) is 5.92 Å². The van der Waals surface area contributed by atoms with Gasteiger partial charge in [-0.05, 0) is 84.7 Å². The topological polar surface area (TPSA) is 63.0 Å². The summed E-state index contributed by atoms with van der Waals surface area (Å²) < 4.78 is 0. The second kappa shape index (κ2) is 12.8. The lowest BCUT2D eigenvalue weighted by Gasteiger charge is -2.18. The van der Waals surface area contributed by atoms with Gasteiger partial charge >= 0.3 is 0 Å². The molecular weight excluding hydrogens is 464 g/mol. The highest BCUT2D eigenvalue weighted by Crippen LogP contribution is 2.33.